The number of ether oxygens (including phenoxy) is 1. The first kappa shape index (κ1) is 19.7. The summed E-state index contributed by atoms with van der Waals surface area (Å²) in [5.74, 6) is 0.669. The molecule has 7 heteroatoms. The molecule has 1 saturated carbocycles. The van der Waals surface area contributed by atoms with Crippen molar-refractivity contribution in [2.45, 2.75) is 36.6 Å². The second-order valence-electron chi connectivity index (χ2n) is 6.46. The van der Waals surface area contributed by atoms with Gasteiger partial charge in [0.1, 0.15) is 16.8 Å². The molecular weight excluding hydrogens is 372 g/mol. The molecule has 0 radical (unpaired) electrons. The van der Waals surface area contributed by atoms with Crippen molar-refractivity contribution in [3.8, 4) is 17.9 Å². The number of aromatic nitrogens is 1. The minimum absolute atomic E-state index is 0.304. The Labute approximate surface area is 168 Å². The van der Waals surface area contributed by atoms with E-state index >= 15 is 0 Å². The molecule has 1 amide bonds. The van der Waals surface area contributed by atoms with E-state index in [9.17, 15) is 10.1 Å². The van der Waals surface area contributed by atoms with Gasteiger partial charge in [-0.25, -0.2) is 4.98 Å². The number of pyridine rings is 1. The number of nitriles is 2. The Morgan fingerprint density at radius 3 is 2.86 bits per heavy atom. The molecule has 0 atom stereocenters. The molecule has 0 spiro atoms. The Bertz CT molecular complexity index is 958. The van der Waals surface area contributed by atoms with Gasteiger partial charge in [0.25, 0.3) is 5.91 Å². The smallest absolute Gasteiger partial charge is 0.257 e. The van der Waals surface area contributed by atoms with Crippen LogP contribution in [0.2, 0.25) is 0 Å². The van der Waals surface area contributed by atoms with Gasteiger partial charge in [-0.2, -0.15) is 10.5 Å². The van der Waals surface area contributed by atoms with E-state index in [1.165, 1.54) is 11.8 Å². The van der Waals surface area contributed by atoms with Gasteiger partial charge in [0.05, 0.1) is 23.8 Å². The molecule has 1 heterocycles. The van der Waals surface area contributed by atoms with Gasteiger partial charge >= 0.3 is 0 Å². The van der Waals surface area contributed by atoms with E-state index in [2.05, 4.69) is 22.4 Å². The molecule has 142 valence electrons. The summed E-state index contributed by atoms with van der Waals surface area (Å²) < 4.78 is 5.61. The molecule has 1 aliphatic rings. The third kappa shape index (κ3) is 4.82. The summed E-state index contributed by atoms with van der Waals surface area (Å²) >= 11 is 1.38. The number of hydrogen-bond acceptors (Lipinski definition) is 6. The molecule has 1 aromatic heterocycles. The predicted octanol–water partition coefficient (Wildman–Crippen LogP) is 4.49. The Morgan fingerprint density at radius 1 is 1.36 bits per heavy atom. The molecule has 1 fully saturated rings. The van der Waals surface area contributed by atoms with E-state index < -0.39 is 0 Å². The number of benzene rings is 1. The van der Waals surface area contributed by atoms with E-state index in [1.807, 2.05) is 6.26 Å². The Kier molecular flexibility index (Phi) is 6.52. The first-order valence-corrected chi connectivity index (χ1v) is 10.3. The van der Waals surface area contributed by atoms with Crippen molar-refractivity contribution in [1.82, 2.24) is 4.98 Å². The number of hydrogen-bond donors (Lipinski definition) is 1. The van der Waals surface area contributed by atoms with Crippen molar-refractivity contribution in [3.63, 3.8) is 0 Å². The molecule has 1 aliphatic carbocycles. The molecule has 1 aromatic carbocycles. The number of carbonyl (C=O) groups excluding carboxylic acids is 1. The number of thioether (sulfide) groups is 1. The van der Waals surface area contributed by atoms with Crippen LogP contribution in [0, 0.1) is 22.7 Å². The fourth-order valence-corrected chi connectivity index (χ4v) is 3.32. The van der Waals surface area contributed by atoms with E-state index in [-0.39, 0.29) is 5.91 Å². The molecule has 0 unspecified atom stereocenters. The number of amides is 1. The third-order valence-electron chi connectivity index (χ3n) is 4.35. The summed E-state index contributed by atoms with van der Waals surface area (Å²) in [4.78, 5) is 17.4. The van der Waals surface area contributed by atoms with Crippen LogP contribution in [0.25, 0.3) is 0 Å². The summed E-state index contributed by atoms with van der Waals surface area (Å²) in [5.41, 5.74) is 2.12. The summed E-state index contributed by atoms with van der Waals surface area (Å²) in [6.45, 7) is 0.440. The molecule has 6 nitrogen and oxygen atoms in total. The van der Waals surface area contributed by atoms with Crippen molar-refractivity contribution >= 4 is 23.4 Å². The average molecular weight is 392 g/mol. The zero-order chi connectivity index (χ0) is 19.9. The fourth-order valence-electron chi connectivity index (χ4n) is 2.77. The average Bonchev–Trinajstić information content (AvgIpc) is 3.56. The second-order valence-corrected chi connectivity index (χ2v) is 7.25. The normalized spacial score (nSPS) is 12.7. The Balaban J connectivity index is 1.79. The maximum Gasteiger partial charge on any atom is 0.257 e. The number of carbonyl (C=O) groups is 1. The number of nitrogens with one attached hydrogen (secondary N) is 1. The number of rotatable bonds is 8. The minimum Gasteiger partial charge on any atom is -0.493 e. The largest absolute Gasteiger partial charge is 0.493 e. The van der Waals surface area contributed by atoms with Crippen LogP contribution in [-0.4, -0.2) is 23.8 Å². The van der Waals surface area contributed by atoms with Crippen LogP contribution in [0.5, 0.6) is 5.75 Å². The van der Waals surface area contributed by atoms with Gasteiger partial charge < -0.3 is 10.1 Å². The highest BCUT2D eigenvalue weighted by Crippen LogP contribution is 2.40. The molecule has 0 saturated heterocycles. The van der Waals surface area contributed by atoms with Gasteiger partial charge in [-0.1, -0.05) is 6.07 Å². The van der Waals surface area contributed by atoms with Crippen LogP contribution in [0.4, 0.5) is 5.69 Å². The lowest BCUT2D eigenvalue weighted by atomic mass is 10.1. The molecule has 0 bridgehead atoms. The molecule has 0 aliphatic heterocycles. The maximum absolute atomic E-state index is 12.9. The quantitative estimate of drug-likeness (QED) is 0.525. The summed E-state index contributed by atoms with van der Waals surface area (Å²) in [7, 11) is 0. The van der Waals surface area contributed by atoms with Gasteiger partial charge in [-0.15, -0.1) is 11.8 Å². The monoisotopic (exact) mass is 392 g/mol. The maximum atomic E-state index is 12.9. The number of unbranched alkanes of at least 4 members (excludes halogenated alkanes) is 1. The van der Waals surface area contributed by atoms with E-state index in [0.717, 1.165) is 18.5 Å². The highest BCUT2D eigenvalue weighted by Gasteiger charge is 2.28. The topological polar surface area (TPSA) is 98.8 Å². The molecular formula is C21H20N4O2S. The lowest BCUT2D eigenvalue weighted by Gasteiger charge is -2.12. The van der Waals surface area contributed by atoms with Crippen molar-refractivity contribution in [1.29, 1.82) is 10.5 Å². The van der Waals surface area contributed by atoms with Crippen LogP contribution in [0.1, 0.15) is 53.2 Å². The standard InChI is InChI=1S/C21H20N4O2S/c1-28-21-18(13-23)17(12-19(25-21)14-7-8-14)20(26)24-15-5-4-6-16(11-15)27-10-3-2-9-22/h4-6,11-12,14H,2-3,7-8,10H2,1H3,(H,24,26). The molecule has 2 aromatic rings. The predicted molar refractivity (Wildman–Crippen MR) is 107 cm³/mol. The van der Waals surface area contributed by atoms with Crippen LogP contribution in [0.15, 0.2) is 35.4 Å². The minimum atomic E-state index is -0.335. The van der Waals surface area contributed by atoms with Gasteiger partial charge in [-0.3, -0.25) is 4.79 Å². The zero-order valence-corrected chi connectivity index (χ0v) is 16.4. The van der Waals surface area contributed by atoms with Crippen molar-refractivity contribution < 1.29 is 9.53 Å². The molecule has 3 rings (SSSR count). The molecule has 1 N–H and O–H groups in total. The SMILES string of the molecule is CSc1nc(C2CC2)cc(C(=O)Nc2cccc(OCCCC#N)c2)c1C#N. The highest BCUT2D eigenvalue weighted by atomic mass is 32.2. The Hall–Kier alpha value is -3.03. The fraction of sp³-hybridized carbons (Fsp3) is 0.333. The van der Waals surface area contributed by atoms with Crippen molar-refractivity contribution in [2.75, 3.05) is 18.2 Å². The van der Waals surface area contributed by atoms with Gasteiger partial charge in [-0.05, 0) is 43.7 Å². The van der Waals surface area contributed by atoms with Gasteiger partial charge in [0, 0.05) is 29.8 Å². The first-order valence-electron chi connectivity index (χ1n) is 9.06. The summed E-state index contributed by atoms with van der Waals surface area (Å²) in [6, 6.07) is 13.0. The molecule has 28 heavy (non-hydrogen) atoms. The van der Waals surface area contributed by atoms with E-state index in [4.69, 9.17) is 10.00 Å². The van der Waals surface area contributed by atoms with Crippen molar-refractivity contribution in [2.24, 2.45) is 0 Å². The number of anilines is 1. The lowest BCUT2D eigenvalue weighted by Crippen LogP contribution is -2.15. The van der Waals surface area contributed by atoms with Crippen molar-refractivity contribution in [3.05, 3.63) is 47.2 Å². The van der Waals surface area contributed by atoms with Crippen LogP contribution >= 0.6 is 11.8 Å². The van der Waals surface area contributed by atoms with Gasteiger partial charge in [0.2, 0.25) is 0 Å². The van der Waals surface area contributed by atoms with Crippen LogP contribution in [0.3, 0.4) is 0 Å². The Morgan fingerprint density at radius 2 is 2.18 bits per heavy atom. The lowest BCUT2D eigenvalue weighted by molar-refractivity contribution is 0.102. The van der Waals surface area contributed by atoms with E-state index in [1.54, 1.807) is 30.3 Å². The first-order chi connectivity index (χ1) is 13.7. The third-order valence-corrected chi connectivity index (χ3v) is 5.03. The second kappa shape index (κ2) is 9.25. The van der Waals surface area contributed by atoms with E-state index in [0.29, 0.717) is 53.0 Å². The zero-order valence-electron chi connectivity index (χ0n) is 15.6. The van der Waals surface area contributed by atoms with Crippen LogP contribution < -0.4 is 10.1 Å². The summed E-state index contributed by atoms with van der Waals surface area (Å²) in [6.07, 6.45) is 5.08. The van der Waals surface area contributed by atoms with Gasteiger partial charge in [0.15, 0.2) is 0 Å². The number of nitrogens with zero attached hydrogens (tertiary/aromatic N) is 3. The van der Waals surface area contributed by atoms with Crippen LogP contribution in [-0.2, 0) is 0 Å². The highest BCUT2D eigenvalue weighted by molar-refractivity contribution is 7.98. The summed E-state index contributed by atoms with van der Waals surface area (Å²) in [5, 5.41) is 21.6.